The number of benzene rings is 2. The largest absolute Gasteiger partial charge is 0.424 e. The number of rotatable bonds is 4. The van der Waals surface area contributed by atoms with Crippen molar-refractivity contribution in [2.24, 2.45) is 0 Å². The van der Waals surface area contributed by atoms with Gasteiger partial charge < -0.3 is 24.6 Å². The summed E-state index contributed by atoms with van der Waals surface area (Å²) in [6, 6.07) is 9.72. The molecular formula is C31H34ClN7O2. The smallest absolute Gasteiger partial charge is 0.324 e. The number of ether oxygens (including phenoxy) is 2. The van der Waals surface area contributed by atoms with E-state index in [0.29, 0.717) is 31.1 Å². The molecule has 4 aromatic rings. The summed E-state index contributed by atoms with van der Waals surface area (Å²) in [4.78, 5) is 14.9. The van der Waals surface area contributed by atoms with Crippen LogP contribution >= 0.6 is 11.6 Å². The first kappa shape index (κ1) is 25.5. The number of fused-ring (bicyclic) bond motifs is 5. The first-order valence-corrected chi connectivity index (χ1v) is 15.0. The molecule has 2 saturated heterocycles. The molecule has 0 amide bonds. The van der Waals surface area contributed by atoms with Gasteiger partial charge in [0, 0.05) is 66.8 Å². The molecule has 0 saturated carbocycles. The van der Waals surface area contributed by atoms with Gasteiger partial charge in [-0.3, -0.25) is 5.10 Å². The maximum absolute atomic E-state index is 6.90. The van der Waals surface area contributed by atoms with Gasteiger partial charge in [-0.05, 0) is 56.5 Å². The van der Waals surface area contributed by atoms with Crippen LogP contribution in [-0.4, -0.2) is 63.8 Å². The van der Waals surface area contributed by atoms with Crippen LogP contribution in [0.5, 0.6) is 11.8 Å². The Kier molecular flexibility index (Phi) is 6.18. The van der Waals surface area contributed by atoms with Crippen LogP contribution in [0.1, 0.15) is 52.5 Å². The maximum Gasteiger partial charge on any atom is 0.324 e. The van der Waals surface area contributed by atoms with Gasteiger partial charge in [0.2, 0.25) is 0 Å². The number of nitrogens with one attached hydrogen (secondary N) is 2. The van der Waals surface area contributed by atoms with E-state index in [-0.39, 0.29) is 6.10 Å². The third-order valence-electron chi connectivity index (χ3n) is 9.21. The summed E-state index contributed by atoms with van der Waals surface area (Å²) < 4.78 is 13.1. The first-order chi connectivity index (χ1) is 20.0. The predicted octanol–water partition coefficient (Wildman–Crippen LogP) is 4.85. The Morgan fingerprint density at radius 3 is 2.83 bits per heavy atom. The molecule has 4 aliphatic heterocycles. The molecule has 2 fully saturated rings. The SMILES string of the molecule is Cc1cc2[nH]ncc2c(C2Cc3nc(Oc4cccc5c4CCN(C)C5)nc(N4CC5CCC(C4)N5)c3CO2)c1Cl. The lowest BCUT2D eigenvalue weighted by atomic mass is 9.95. The van der Waals surface area contributed by atoms with E-state index in [4.69, 9.17) is 31.0 Å². The van der Waals surface area contributed by atoms with Crippen LogP contribution in [0.25, 0.3) is 10.9 Å². The van der Waals surface area contributed by atoms with Crippen molar-refractivity contribution in [2.75, 3.05) is 31.6 Å². The number of piperazine rings is 1. The second kappa shape index (κ2) is 9.94. The van der Waals surface area contributed by atoms with Crippen molar-refractivity contribution < 1.29 is 9.47 Å². The van der Waals surface area contributed by atoms with E-state index < -0.39 is 0 Å². The summed E-state index contributed by atoms with van der Waals surface area (Å²) in [6.07, 6.45) is 5.53. The highest BCUT2D eigenvalue weighted by Crippen LogP contribution is 2.42. The van der Waals surface area contributed by atoms with Crippen LogP contribution in [0.15, 0.2) is 30.5 Å². The number of aryl methyl sites for hydroxylation is 1. The van der Waals surface area contributed by atoms with Crippen LogP contribution in [0.3, 0.4) is 0 Å². The zero-order chi connectivity index (χ0) is 27.7. The highest BCUT2D eigenvalue weighted by Gasteiger charge is 2.36. The minimum absolute atomic E-state index is 0.246. The van der Waals surface area contributed by atoms with Crippen LogP contribution < -0.4 is 15.0 Å². The summed E-state index contributed by atoms with van der Waals surface area (Å²) >= 11 is 6.90. The Balaban J connectivity index is 1.20. The summed E-state index contributed by atoms with van der Waals surface area (Å²) in [5.41, 5.74) is 7.49. The Hall–Kier alpha value is -3.24. The van der Waals surface area contributed by atoms with E-state index >= 15 is 0 Å². The zero-order valence-electron chi connectivity index (χ0n) is 23.4. The van der Waals surface area contributed by atoms with Gasteiger partial charge in [-0.2, -0.15) is 15.1 Å². The van der Waals surface area contributed by atoms with E-state index in [2.05, 4.69) is 44.5 Å². The fourth-order valence-electron chi connectivity index (χ4n) is 7.15. The average molecular weight is 572 g/mol. The van der Waals surface area contributed by atoms with Crippen LogP contribution in [-0.2, 0) is 30.7 Å². The molecule has 2 aromatic carbocycles. The number of nitrogens with zero attached hydrogens (tertiary/aromatic N) is 5. The second-order valence-electron chi connectivity index (χ2n) is 12.0. The molecule has 41 heavy (non-hydrogen) atoms. The van der Waals surface area contributed by atoms with Crippen molar-refractivity contribution in [1.82, 2.24) is 30.4 Å². The molecule has 9 nitrogen and oxygen atoms in total. The highest BCUT2D eigenvalue weighted by atomic mass is 35.5. The summed E-state index contributed by atoms with van der Waals surface area (Å²) in [5, 5.41) is 12.8. The minimum Gasteiger partial charge on any atom is -0.424 e. The van der Waals surface area contributed by atoms with Crippen LogP contribution in [0.2, 0.25) is 5.02 Å². The molecule has 212 valence electrons. The van der Waals surface area contributed by atoms with Crippen molar-refractivity contribution in [3.63, 3.8) is 0 Å². The molecule has 2 N–H and O–H groups in total. The molecule has 10 heteroatoms. The van der Waals surface area contributed by atoms with Crippen LogP contribution in [0.4, 0.5) is 5.82 Å². The standard InChI is InChI=1S/C31H34ClN7O2/c1-17-10-25-22(12-33-37-25)28(29(17)32)27-11-24-23(16-40-27)30(39-14-19-6-7-20(15-39)34-19)36-31(35-24)41-26-5-3-4-18-13-38(2)9-8-21(18)26/h3-5,10,12,19-20,27,34H,6-9,11,13-16H2,1-2H3,(H,33,37). The van der Waals surface area contributed by atoms with Crippen molar-refractivity contribution >= 4 is 28.3 Å². The van der Waals surface area contributed by atoms with Crippen molar-refractivity contribution in [3.05, 3.63) is 69.0 Å². The van der Waals surface area contributed by atoms with Gasteiger partial charge in [0.15, 0.2) is 0 Å². The number of anilines is 1. The third kappa shape index (κ3) is 4.46. The van der Waals surface area contributed by atoms with E-state index in [1.54, 1.807) is 0 Å². The van der Waals surface area contributed by atoms with E-state index in [0.717, 1.165) is 82.5 Å². The highest BCUT2D eigenvalue weighted by molar-refractivity contribution is 6.33. The van der Waals surface area contributed by atoms with Gasteiger partial charge in [-0.15, -0.1) is 0 Å². The maximum atomic E-state index is 6.90. The van der Waals surface area contributed by atoms with Gasteiger partial charge in [0.1, 0.15) is 11.6 Å². The molecule has 3 unspecified atom stereocenters. The minimum atomic E-state index is -0.246. The fraction of sp³-hybridized carbons (Fsp3) is 0.452. The Labute approximate surface area is 244 Å². The number of aromatic nitrogens is 4. The molecule has 3 atom stereocenters. The molecule has 2 aromatic heterocycles. The van der Waals surface area contributed by atoms with Gasteiger partial charge in [-0.1, -0.05) is 23.7 Å². The third-order valence-corrected chi connectivity index (χ3v) is 9.72. The number of hydrogen-bond acceptors (Lipinski definition) is 8. The first-order valence-electron chi connectivity index (χ1n) is 14.6. The monoisotopic (exact) mass is 571 g/mol. The Bertz CT molecular complexity index is 1640. The van der Waals surface area contributed by atoms with Gasteiger partial charge in [0.25, 0.3) is 0 Å². The lowest BCUT2D eigenvalue weighted by molar-refractivity contribution is 0.0267. The number of aromatic amines is 1. The van der Waals surface area contributed by atoms with Crippen molar-refractivity contribution in [2.45, 2.75) is 63.9 Å². The van der Waals surface area contributed by atoms with Crippen molar-refractivity contribution in [1.29, 1.82) is 0 Å². The predicted molar refractivity (Wildman–Crippen MR) is 158 cm³/mol. The summed E-state index contributed by atoms with van der Waals surface area (Å²) in [6.45, 7) is 6.22. The molecule has 0 radical (unpaired) electrons. The number of likely N-dealkylation sites (N-methyl/N-ethyl adjacent to an activating group) is 1. The number of H-pyrrole nitrogens is 1. The molecule has 0 aliphatic carbocycles. The molecule has 2 bridgehead atoms. The fourth-order valence-corrected chi connectivity index (χ4v) is 7.43. The second-order valence-corrected chi connectivity index (χ2v) is 12.4. The Morgan fingerprint density at radius 1 is 1.12 bits per heavy atom. The molecule has 4 aliphatic rings. The lowest BCUT2D eigenvalue weighted by Crippen LogP contribution is -2.51. The van der Waals surface area contributed by atoms with Crippen LogP contribution in [0, 0.1) is 6.92 Å². The number of halogens is 1. The zero-order valence-corrected chi connectivity index (χ0v) is 24.2. The van der Waals surface area contributed by atoms with E-state index in [1.165, 1.54) is 24.0 Å². The van der Waals surface area contributed by atoms with E-state index in [1.807, 2.05) is 25.3 Å². The van der Waals surface area contributed by atoms with E-state index in [9.17, 15) is 0 Å². The summed E-state index contributed by atoms with van der Waals surface area (Å²) in [7, 11) is 2.16. The topological polar surface area (TPSA) is 91.4 Å². The van der Waals surface area contributed by atoms with Gasteiger partial charge >= 0.3 is 6.01 Å². The summed E-state index contributed by atoms with van der Waals surface area (Å²) in [5.74, 6) is 1.79. The average Bonchev–Trinajstić information content (AvgIpc) is 3.57. The molecule has 6 heterocycles. The molecule has 0 spiro atoms. The lowest BCUT2D eigenvalue weighted by Gasteiger charge is -2.36. The molecule has 8 rings (SSSR count). The Morgan fingerprint density at radius 2 is 1.98 bits per heavy atom. The van der Waals surface area contributed by atoms with Gasteiger partial charge in [-0.25, -0.2) is 0 Å². The van der Waals surface area contributed by atoms with Gasteiger partial charge in [0.05, 0.1) is 35.1 Å². The molecular weight excluding hydrogens is 538 g/mol. The quantitative estimate of drug-likeness (QED) is 0.359. The normalized spacial score (nSPS) is 24.0. The number of hydrogen-bond donors (Lipinski definition) is 2. The van der Waals surface area contributed by atoms with Crippen molar-refractivity contribution in [3.8, 4) is 11.8 Å².